The number of hydrogen-bond acceptors (Lipinski definition) is 8. The van der Waals surface area contributed by atoms with Crippen molar-refractivity contribution < 1.29 is 5.11 Å². The van der Waals surface area contributed by atoms with E-state index in [4.69, 9.17) is 5.41 Å². The predicted molar refractivity (Wildman–Crippen MR) is 149 cm³/mol. The minimum Gasteiger partial charge on any atom is -0.393 e. The molecule has 3 unspecified atom stereocenters. The highest BCUT2D eigenvalue weighted by Crippen LogP contribution is 2.63. The fourth-order valence-electron chi connectivity index (χ4n) is 8.49. The molecule has 0 saturated heterocycles. The number of benzene rings is 1. The third-order valence-corrected chi connectivity index (χ3v) is 10.0. The number of anilines is 2. The number of rotatable bonds is 8. The van der Waals surface area contributed by atoms with E-state index in [9.17, 15) is 15.6 Å². The quantitative estimate of drug-likeness (QED) is 0.346. The lowest BCUT2D eigenvalue weighted by molar-refractivity contribution is -0.0684. The molecule has 0 amide bonds. The number of nitriles is 2. The highest BCUT2D eigenvalue weighted by Gasteiger charge is 2.56. The molecule has 8 heteroatoms. The standard InChI is InChI=1S/C31H37N7O/c32-14-21-3-1-2-4-22(21)16-35-30-36-17-25(15-33)29(38-30)37-18-31-11-19-9-23(12-31)27(24(10-19)13-31)28(34)20-5-7-26(39)8-6-20/h1-4,17,19-20,23-24,26-27,34,39H,5-13,16,18H2,(H2,35,36,37,38)/t19?,20?,23-,24+,26?,27?,31?. The molecule has 5 atom stereocenters. The largest absolute Gasteiger partial charge is 0.393 e. The third-order valence-electron chi connectivity index (χ3n) is 10.0. The summed E-state index contributed by atoms with van der Waals surface area (Å²) in [6.07, 6.45) is 11.0. The Kier molecular flexibility index (Phi) is 6.99. The van der Waals surface area contributed by atoms with E-state index in [2.05, 4.69) is 32.7 Å². The average molecular weight is 524 g/mol. The maximum atomic E-state index is 9.94. The number of aliphatic hydroxyl groups is 1. The Balaban J connectivity index is 1.13. The summed E-state index contributed by atoms with van der Waals surface area (Å²) in [4.78, 5) is 8.98. The van der Waals surface area contributed by atoms with E-state index < -0.39 is 0 Å². The zero-order chi connectivity index (χ0) is 27.0. The van der Waals surface area contributed by atoms with E-state index in [1.54, 1.807) is 12.3 Å². The lowest BCUT2D eigenvalue weighted by Crippen LogP contribution is -2.56. The molecule has 5 saturated carbocycles. The van der Waals surface area contributed by atoms with E-state index in [-0.39, 0.29) is 11.5 Å². The van der Waals surface area contributed by atoms with Gasteiger partial charge in [-0.05, 0) is 98.5 Å². The number of aromatic nitrogens is 2. The van der Waals surface area contributed by atoms with Crippen LogP contribution in [0.3, 0.4) is 0 Å². The maximum absolute atomic E-state index is 9.94. The van der Waals surface area contributed by atoms with Gasteiger partial charge in [0.15, 0.2) is 0 Å². The molecule has 39 heavy (non-hydrogen) atoms. The van der Waals surface area contributed by atoms with Crippen molar-refractivity contribution >= 4 is 17.5 Å². The van der Waals surface area contributed by atoms with Crippen LogP contribution in [-0.4, -0.2) is 33.4 Å². The molecular formula is C31H37N7O. The molecule has 0 radical (unpaired) electrons. The molecule has 8 nitrogen and oxygen atoms in total. The second-order valence-corrected chi connectivity index (χ2v) is 12.5. The average Bonchev–Trinajstić information content (AvgIpc) is 2.95. The molecule has 5 fully saturated rings. The predicted octanol–water partition coefficient (Wildman–Crippen LogP) is 5.26. The van der Waals surface area contributed by atoms with E-state index in [0.29, 0.717) is 53.1 Å². The van der Waals surface area contributed by atoms with Gasteiger partial charge in [0.2, 0.25) is 5.95 Å². The van der Waals surface area contributed by atoms with Crippen molar-refractivity contribution in [3.8, 4) is 12.1 Å². The smallest absolute Gasteiger partial charge is 0.224 e. The first-order valence-corrected chi connectivity index (χ1v) is 14.5. The normalized spacial score (nSPS) is 32.7. The molecule has 2 aromatic rings. The van der Waals surface area contributed by atoms with Gasteiger partial charge in [-0.1, -0.05) is 18.2 Å². The SMILES string of the molecule is N#Cc1ccccc1CNc1ncc(C#N)c(NCC23CC4C[C@H](C2)C(C(=N)C2CCC(O)CC2)[C@@H](C4)C3)n1. The molecule has 7 rings (SSSR count). The minimum absolute atomic E-state index is 0.175. The fourth-order valence-corrected chi connectivity index (χ4v) is 8.49. The van der Waals surface area contributed by atoms with Crippen LogP contribution in [0.2, 0.25) is 0 Å². The van der Waals surface area contributed by atoms with Gasteiger partial charge in [0.1, 0.15) is 17.5 Å². The second-order valence-electron chi connectivity index (χ2n) is 12.5. The Hall–Kier alpha value is -3.49. The Labute approximate surface area is 230 Å². The van der Waals surface area contributed by atoms with Crippen molar-refractivity contribution in [3.05, 3.63) is 47.2 Å². The Bertz CT molecular complexity index is 1300. The molecule has 5 aliphatic carbocycles. The van der Waals surface area contributed by atoms with Gasteiger partial charge in [0.05, 0.1) is 23.9 Å². The van der Waals surface area contributed by atoms with Crippen LogP contribution >= 0.6 is 0 Å². The van der Waals surface area contributed by atoms with Crippen molar-refractivity contribution in [2.24, 2.45) is 35.0 Å². The van der Waals surface area contributed by atoms with E-state index in [0.717, 1.165) is 62.3 Å². The Morgan fingerprint density at radius 1 is 1.00 bits per heavy atom. The summed E-state index contributed by atoms with van der Waals surface area (Å²) < 4.78 is 0. The van der Waals surface area contributed by atoms with Gasteiger partial charge in [0, 0.05) is 24.7 Å². The monoisotopic (exact) mass is 523 g/mol. The van der Waals surface area contributed by atoms with Gasteiger partial charge < -0.3 is 21.1 Å². The van der Waals surface area contributed by atoms with Crippen molar-refractivity contribution in [1.82, 2.24) is 9.97 Å². The van der Waals surface area contributed by atoms with Crippen LogP contribution < -0.4 is 10.6 Å². The van der Waals surface area contributed by atoms with Gasteiger partial charge in [0.25, 0.3) is 0 Å². The van der Waals surface area contributed by atoms with E-state index in [1.807, 2.05) is 18.2 Å². The summed E-state index contributed by atoms with van der Waals surface area (Å²) in [7, 11) is 0. The van der Waals surface area contributed by atoms with Gasteiger partial charge >= 0.3 is 0 Å². The number of nitrogens with one attached hydrogen (secondary N) is 3. The molecule has 1 aromatic heterocycles. The molecule has 1 aromatic carbocycles. The molecule has 5 aliphatic rings. The van der Waals surface area contributed by atoms with Crippen molar-refractivity contribution in [3.63, 3.8) is 0 Å². The van der Waals surface area contributed by atoms with Gasteiger partial charge in [-0.25, -0.2) is 4.98 Å². The summed E-state index contributed by atoms with van der Waals surface area (Å²) in [5.74, 6) is 3.65. The van der Waals surface area contributed by atoms with Crippen molar-refractivity contribution in [2.75, 3.05) is 17.2 Å². The summed E-state index contributed by atoms with van der Waals surface area (Å²) in [5, 5.41) is 44.9. The highest BCUT2D eigenvalue weighted by molar-refractivity contribution is 5.87. The van der Waals surface area contributed by atoms with Crippen LogP contribution in [0.1, 0.15) is 74.5 Å². The summed E-state index contributed by atoms with van der Waals surface area (Å²) in [5.41, 5.74) is 3.09. The topological polar surface area (TPSA) is 142 Å². The number of aliphatic hydroxyl groups excluding tert-OH is 1. The zero-order valence-electron chi connectivity index (χ0n) is 22.4. The van der Waals surface area contributed by atoms with Crippen molar-refractivity contribution in [1.29, 1.82) is 15.9 Å². The molecule has 4 N–H and O–H groups in total. The fraction of sp³-hybridized carbons (Fsp3) is 0.581. The molecule has 0 spiro atoms. The third kappa shape index (κ3) is 5.11. The zero-order valence-corrected chi connectivity index (χ0v) is 22.4. The highest BCUT2D eigenvalue weighted by atomic mass is 16.3. The first-order valence-electron chi connectivity index (χ1n) is 14.5. The molecule has 0 aliphatic heterocycles. The minimum atomic E-state index is -0.175. The van der Waals surface area contributed by atoms with Gasteiger partial charge in [-0.15, -0.1) is 0 Å². The molecule has 202 valence electrons. The summed E-state index contributed by atoms with van der Waals surface area (Å²) >= 11 is 0. The van der Waals surface area contributed by atoms with Crippen LogP contribution in [-0.2, 0) is 6.54 Å². The lowest BCUT2D eigenvalue weighted by Gasteiger charge is -2.61. The Morgan fingerprint density at radius 2 is 1.72 bits per heavy atom. The van der Waals surface area contributed by atoms with Gasteiger partial charge in [-0.3, -0.25) is 0 Å². The first-order chi connectivity index (χ1) is 19.0. The maximum Gasteiger partial charge on any atom is 0.224 e. The Morgan fingerprint density at radius 3 is 2.44 bits per heavy atom. The summed E-state index contributed by atoms with van der Waals surface area (Å²) in [6, 6.07) is 11.9. The molecule has 4 bridgehead atoms. The van der Waals surface area contributed by atoms with Crippen LogP contribution in [0.4, 0.5) is 11.8 Å². The lowest BCUT2D eigenvalue weighted by atomic mass is 9.45. The summed E-state index contributed by atoms with van der Waals surface area (Å²) in [6.45, 7) is 1.21. The molecule has 1 heterocycles. The van der Waals surface area contributed by atoms with Crippen LogP contribution in [0.5, 0.6) is 0 Å². The van der Waals surface area contributed by atoms with Crippen LogP contribution in [0.15, 0.2) is 30.5 Å². The van der Waals surface area contributed by atoms with Crippen LogP contribution in [0, 0.1) is 63.1 Å². The molecular weight excluding hydrogens is 486 g/mol. The van der Waals surface area contributed by atoms with E-state index in [1.165, 1.54) is 19.3 Å². The second kappa shape index (κ2) is 10.6. The first kappa shape index (κ1) is 25.8. The number of nitrogens with zero attached hydrogens (tertiary/aromatic N) is 4. The van der Waals surface area contributed by atoms with Crippen molar-refractivity contribution in [2.45, 2.75) is 70.4 Å². The van der Waals surface area contributed by atoms with Gasteiger partial charge in [-0.2, -0.15) is 15.5 Å². The van der Waals surface area contributed by atoms with E-state index >= 15 is 0 Å². The number of hydrogen-bond donors (Lipinski definition) is 4. The van der Waals surface area contributed by atoms with Crippen LogP contribution in [0.25, 0.3) is 0 Å².